The predicted octanol–water partition coefficient (Wildman–Crippen LogP) is 6.14. The molecule has 0 amide bonds. The Bertz CT molecular complexity index is 769. The average molecular weight is 336 g/mol. The standard InChI is InChI=1S/C23H28O2/c1-4-23(2,3)21-15-19(11-14-22(21)25)18-7-5-16(6-8-18)17-9-12-20(24)13-10-17/h7,9-16,24-25H,4-6,8H2,1-3H3. The van der Waals surface area contributed by atoms with Crippen molar-refractivity contribution in [1.29, 1.82) is 0 Å². The van der Waals surface area contributed by atoms with Crippen LogP contribution in [0.15, 0.2) is 48.5 Å². The van der Waals surface area contributed by atoms with Crippen LogP contribution in [0.4, 0.5) is 0 Å². The monoisotopic (exact) mass is 336 g/mol. The maximum Gasteiger partial charge on any atom is 0.119 e. The molecule has 2 heteroatoms. The van der Waals surface area contributed by atoms with Crippen LogP contribution in [0.1, 0.15) is 69.1 Å². The third-order valence-electron chi connectivity index (χ3n) is 5.76. The molecule has 0 heterocycles. The van der Waals surface area contributed by atoms with Gasteiger partial charge in [-0.3, -0.25) is 0 Å². The zero-order valence-corrected chi connectivity index (χ0v) is 15.4. The minimum Gasteiger partial charge on any atom is -0.508 e. The summed E-state index contributed by atoms with van der Waals surface area (Å²) in [5, 5.41) is 19.7. The molecule has 0 saturated heterocycles. The van der Waals surface area contributed by atoms with E-state index in [9.17, 15) is 10.2 Å². The van der Waals surface area contributed by atoms with Crippen molar-refractivity contribution >= 4 is 5.57 Å². The lowest BCUT2D eigenvalue weighted by Gasteiger charge is -2.27. The Morgan fingerprint density at radius 2 is 1.76 bits per heavy atom. The van der Waals surface area contributed by atoms with Crippen molar-refractivity contribution in [3.05, 3.63) is 65.2 Å². The minimum absolute atomic E-state index is 0.0239. The minimum atomic E-state index is -0.0239. The van der Waals surface area contributed by atoms with Crippen molar-refractivity contribution in [2.24, 2.45) is 0 Å². The molecular formula is C23H28O2. The van der Waals surface area contributed by atoms with E-state index in [1.54, 1.807) is 12.1 Å². The summed E-state index contributed by atoms with van der Waals surface area (Å²) >= 11 is 0. The van der Waals surface area contributed by atoms with Crippen LogP contribution in [0.3, 0.4) is 0 Å². The molecule has 2 N–H and O–H groups in total. The maximum atomic E-state index is 10.3. The van der Waals surface area contributed by atoms with Crippen molar-refractivity contribution in [1.82, 2.24) is 0 Å². The van der Waals surface area contributed by atoms with E-state index in [1.165, 1.54) is 16.7 Å². The molecule has 0 aromatic heterocycles. The van der Waals surface area contributed by atoms with Crippen LogP contribution in [-0.2, 0) is 5.41 Å². The van der Waals surface area contributed by atoms with Crippen LogP contribution in [0.5, 0.6) is 11.5 Å². The van der Waals surface area contributed by atoms with Crippen LogP contribution < -0.4 is 0 Å². The van der Waals surface area contributed by atoms with Crippen LogP contribution >= 0.6 is 0 Å². The maximum absolute atomic E-state index is 10.3. The number of allylic oxidation sites excluding steroid dienone is 2. The molecule has 0 bridgehead atoms. The van der Waals surface area contributed by atoms with E-state index in [2.05, 4.69) is 32.9 Å². The molecule has 1 aliphatic rings. The van der Waals surface area contributed by atoms with Gasteiger partial charge in [0.15, 0.2) is 0 Å². The van der Waals surface area contributed by atoms with Gasteiger partial charge in [-0.25, -0.2) is 0 Å². The van der Waals surface area contributed by atoms with Crippen molar-refractivity contribution < 1.29 is 10.2 Å². The molecule has 0 fully saturated rings. The Labute approximate surface area is 150 Å². The molecule has 1 unspecified atom stereocenters. The second-order valence-corrected chi connectivity index (χ2v) is 7.76. The van der Waals surface area contributed by atoms with Gasteiger partial charge in [0.25, 0.3) is 0 Å². The molecule has 2 aromatic rings. The molecule has 2 aromatic carbocycles. The third-order valence-corrected chi connectivity index (χ3v) is 5.76. The molecule has 25 heavy (non-hydrogen) atoms. The SMILES string of the molecule is CCC(C)(C)c1cc(C2=CCC(c3ccc(O)cc3)CC2)ccc1O. The van der Waals surface area contributed by atoms with Crippen LogP contribution in [0.2, 0.25) is 0 Å². The van der Waals surface area contributed by atoms with E-state index in [0.717, 1.165) is 31.2 Å². The van der Waals surface area contributed by atoms with E-state index < -0.39 is 0 Å². The van der Waals surface area contributed by atoms with E-state index in [1.807, 2.05) is 24.3 Å². The summed E-state index contributed by atoms with van der Waals surface area (Å²) in [5.74, 6) is 1.24. The smallest absolute Gasteiger partial charge is 0.119 e. The summed E-state index contributed by atoms with van der Waals surface area (Å²) < 4.78 is 0. The summed E-state index contributed by atoms with van der Waals surface area (Å²) in [6.45, 7) is 6.53. The molecule has 0 radical (unpaired) electrons. The lowest BCUT2D eigenvalue weighted by atomic mass is 9.78. The Hall–Kier alpha value is -2.22. The Morgan fingerprint density at radius 3 is 2.36 bits per heavy atom. The number of hydrogen-bond acceptors (Lipinski definition) is 2. The summed E-state index contributed by atoms with van der Waals surface area (Å²) in [6, 6.07) is 13.7. The fourth-order valence-electron chi connectivity index (χ4n) is 3.61. The first kappa shape index (κ1) is 17.6. The summed E-state index contributed by atoms with van der Waals surface area (Å²) in [5.41, 5.74) is 4.92. The lowest BCUT2D eigenvalue weighted by molar-refractivity contribution is 0.428. The molecule has 2 nitrogen and oxygen atoms in total. The lowest BCUT2D eigenvalue weighted by Crippen LogP contribution is -2.16. The van der Waals surface area contributed by atoms with Gasteiger partial charge in [-0.05, 0) is 78.0 Å². The second kappa shape index (κ2) is 6.95. The highest BCUT2D eigenvalue weighted by Gasteiger charge is 2.23. The number of aromatic hydroxyl groups is 2. The molecule has 0 saturated carbocycles. The van der Waals surface area contributed by atoms with E-state index in [-0.39, 0.29) is 5.41 Å². The first-order valence-corrected chi connectivity index (χ1v) is 9.22. The highest BCUT2D eigenvalue weighted by molar-refractivity contribution is 5.68. The average Bonchev–Trinajstić information content (AvgIpc) is 2.63. The largest absolute Gasteiger partial charge is 0.508 e. The fraction of sp³-hybridized carbons (Fsp3) is 0.391. The van der Waals surface area contributed by atoms with Crippen LogP contribution in [0.25, 0.3) is 5.57 Å². The fourth-order valence-corrected chi connectivity index (χ4v) is 3.61. The molecular weight excluding hydrogens is 308 g/mol. The van der Waals surface area contributed by atoms with Gasteiger partial charge in [-0.2, -0.15) is 0 Å². The highest BCUT2D eigenvalue weighted by Crippen LogP contribution is 2.40. The quantitative estimate of drug-likeness (QED) is 0.704. The van der Waals surface area contributed by atoms with Crippen molar-refractivity contribution in [2.45, 2.75) is 57.8 Å². The molecule has 0 aliphatic heterocycles. The van der Waals surface area contributed by atoms with E-state index >= 15 is 0 Å². The van der Waals surface area contributed by atoms with Crippen LogP contribution in [-0.4, -0.2) is 10.2 Å². The Kier molecular flexibility index (Phi) is 4.89. The zero-order chi connectivity index (χ0) is 18.0. The molecule has 1 atom stereocenters. The van der Waals surface area contributed by atoms with Gasteiger partial charge in [0, 0.05) is 5.56 Å². The first-order chi connectivity index (χ1) is 11.9. The summed E-state index contributed by atoms with van der Waals surface area (Å²) in [4.78, 5) is 0. The van der Waals surface area contributed by atoms with Crippen LogP contribution in [0, 0.1) is 0 Å². The molecule has 3 rings (SSSR count). The van der Waals surface area contributed by atoms with Crippen molar-refractivity contribution in [3.8, 4) is 11.5 Å². The summed E-state index contributed by atoms with van der Waals surface area (Å²) in [7, 11) is 0. The van der Waals surface area contributed by atoms with E-state index in [4.69, 9.17) is 0 Å². The van der Waals surface area contributed by atoms with Gasteiger partial charge >= 0.3 is 0 Å². The normalized spacial score (nSPS) is 18.0. The number of rotatable bonds is 4. The van der Waals surface area contributed by atoms with Crippen molar-refractivity contribution in [3.63, 3.8) is 0 Å². The second-order valence-electron chi connectivity index (χ2n) is 7.76. The Morgan fingerprint density at radius 1 is 1.04 bits per heavy atom. The van der Waals surface area contributed by atoms with Gasteiger partial charge in [-0.1, -0.05) is 45.0 Å². The number of phenols is 2. The van der Waals surface area contributed by atoms with Gasteiger partial charge in [0.2, 0.25) is 0 Å². The zero-order valence-electron chi connectivity index (χ0n) is 15.4. The molecule has 132 valence electrons. The molecule has 1 aliphatic carbocycles. The predicted molar refractivity (Wildman–Crippen MR) is 104 cm³/mol. The third kappa shape index (κ3) is 3.73. The van der Waals surface area contributed by atoms with Gasteiger partial charge in [-0.15, -0.1) is 0 Å². The number of benzene rings is 2. The van der Waals surface area contributed by atoms with Gasteiger partial charge in [0.05, 0.1) is 0 Å². The summed E-state index contributed by atoms with van der Waals surface area (Å²) in [6.07, 6.45) is 6.52. The Balaban J connectivity index is 1.82. The molecule has 0 spiro atoms. The topological polar surface area (TPSA) is 40.5 Å². The van der Waals surface area contributed by atoms with E-state index in [0.29, 0.717) is 17.4 Å². The highest BCUT2D eigenvalue weighted by atomic mass is 16.3. The van der Waals surface area contributed by atoms with Crippen molar-refractivity contribution in [2.75, 3.05) is 0 Å². The van der Waals surface area contributed by atoms with Gasteiger partial charge in [0.1, 0.15) is 11.5 Å². The number of phenolic OH excluding ortho intramolecular Hbond substituents is 2. The number of hydrogen-bond donors (Lipinski definition) is 2. The van der Waals surface area contributed by atoms with Gasteiger partial charge < -0.3 is 10.2 Å². The first-order valence-electron chi connectivity index (χ1n) is 9.22.